The number of nitrogens with zero attached hydrogens (tertiary/aromatic N) is 2. The molecule has 2 aromatic heterocycles. The van der Waals surface area contributed by atoms with Crippen molar-refractivity contribution < 1.29 is 4.79 Å². The quantitative estimate of drug-likeness (QED) is 0.786. The first-order valence-electron chi connectivity index (χ1n) is 7.15. The number of hydrogen-bond donors (Lipinski definition) is 1. The molecule has 22 heavy (non-hydrogen) atoms. The Morgan fingerprint density at radius 3 is 2.59 bits per heavy atom. The van der Waals surface area contributed by atoms with Gasteiger partial charge in [-0.2, -0.15) is 0 Å². The molecule has 0 spiro atoms. The molecule has 1 amide bonds. The fourth-order valence-corrected chi connectivity index (χ4v) is 2.87. The van der Waals surface area contributed by atoms with Crippen LogP contribution < -0.4 is 5.32 Å². The molecule has 0 atom stereocenters. The van der Waals surface area contributed by atoms with Crippen molar-refractivity contribution in [1.29, 1.82) is 0 Å². The van der Waals surface area contributed by atoms with Gasteiger partial charge in [-0.1, -0.05) is 0 Å². The van der Waals surface area contributed by atoms with Gasteiger partial charge >= 0.3 is 0 Å². The highest BCUT2D eigenvalue weighted by Crippen LogP contribution is 2.10. The molecular weight excluding hydrogens is 294 g/mol. The van der Waals surface area contributed by atoms with Gasteiger partial charge in [0.15, 0.2) is 0 Å². The molecule has 0 radical (unpaired) electrons. The molecular formula is C17H17N3OS. The van der Waals surface area contributed by atoms with Crippen LogP contribution in [0.5, 0.6) is 0 Å². The second kappa shape index (κ2) is 6.58. The van der Waals surface area contributed by atoms with Gasteiger partial charge in [0.05, 0.1) is 10.7 Å². The molecule has 112 valence electrons. The van der Waals surface area contributed by atoms with E-state index in [9.17, 15) is 4.79 Å². The van der Waals surface area contributed by atoms with Gasteiger partial charge in [0.1, 0.15) is 0 Å². The van der Waals surface area contributed by atoms with Crippen LogP contribution in [0.3, 0.4) is 0 Å². The van der Waals surface area contributed by atoms with Crippen molar-refractivity contribution in [2.45, 2.75) is 13.3 Å². The van der Waals surface area contributed by atoms with Crippen LogP contribution in [-0.4, -0.2) is 22.0 Å². The van der Waals surface area contributed by atoms with E-state index in [0.29, 0.717) is 12.1 Å². The summed E-state index contributed by atoms with van der Waals surface area (Å²) in [6, 6.07) is 11.5. The molecule has 0 saturated carbocycles. The van der Waals surface area contributed by atoms with Gasteiger partial charge in [-0.15, -0.1) is 11.3 Å². The molecule has 2 heterocycles. The molecule has 5 heteroatoms. The normalized spacial score (nSPS) is 10.6. The Morgan fingerprint density at radius 1 is 1.23 bits per heavy atom. The standard InChI is InChI=1S/C17H17N3OS/c1-13-19-15(12-22-13)8-9-18-17(21)14-4-6-16(7-5-14)20-10-2-3-11-20/h2-7,10-12H,8-9H2,1H3,(H,18,21). The van der Waals surface area contributed by atoms with Crippen molar-refractivity contribution in [2.75, 3.05) is 6.54 Å². The predicted octanol–water partition coefficient (Wildman–Crippen LogP) is 3.21. The average molecular weight is 311 g/mol. The Morgan fingerprint density at radius 2 is 1.95 bits per heavy atom. The summed E-state index contributed by atoms with van der Waals surface area (Å²) in [5.41, 5.74) is 2.75. The van der Waals surface area contributed by atoms with Gasteiger partial charge in [0, 0.05) is 42.0 Å². The monoisotopic (exact) mass is 311 g/mol. The molecule has 0 aliphatic carbocycles. The number of carbonyl (C=O) groups excluding carboxylic acids is 1. The van der Waals surface area contributed by atoms with Crippen molar-refractivity contribution in [2.24, 2.45) is 0 Å². The summed E-state index contributed by atoms with van der Waals surface area (Å²) in [5, 5.41) is 6.02. The van der Waals surface area contributed by atoms with Gasteiger partial charge in [-0.3, -0.25) is 4.79 Å². The van der Waals surface area contributed by atoms with Gasteiger partial charge in [0.25, 0.3) is 5.91 Å². The minimum absolute atomic E-state index is 0.0500. The lowest BCUT2D eigenvalue weighted by molar-refractivity contribution is 0.0954. The van der Waals surface area contributed by atoms with E-state index in [1.807, 2.05) is 65.7 Å². The number of thiazole rings is 1. The number of aromatic nitrogens is 2. The average Bonchev–Trinajstić information content (AvgIpc) is 3.19. The van der Waals surface area contributed by atoms with Crippen LogP contribution in [0.4, 0.5) is 0 Å². The third kappa shape index (κ3) is 3.43. The van der Waals surface area contributed by atoms with Crippen molar-refractivity contribution in [3.63, 3.8) is 0 Å². The highest BCUT2D eigenvalue weighted by Gasteiger charge is 2.06. The molecule has 0 aliphatic rings. The molecule has 0 bridgehead atoms. The van der Waals surface area contributed by atoms with Crippen LogP contribution in [0, 0.1) is 6.92 Å². The molecule has 0 aliphatic heterocycles. The maximum absolute atomic E-state index is 12.1. The molecule has 1 N–H and O–H groups in total. The van der Waals surface area contributed by atoms with E-state index in [-0.39, 0.29) is 5.91 Å². The van der Waals surface area contributed by atoms with Crippen molar-refractivity contribution >= 4 is 17.2 Å². The van der Waals surface area contributed by atoms with E-state index in [4.69, 9.17) is 0 Å². The van der Waals surface area contributed by atoms with Crippen molar-refractivity contribution in [3.8, 4) is 5.69 Å². The number of rotatable bonds is 5. The van der Waals surface area contributed by atoms with Gasteiger partial charge in [-0.05, 0) is 43.3 Å². The highest BCUT2D eigenvalue weighted by molar-refractivity contribution is 7.09. The maximum Gasteiger partial charge on any atom is 0.251 e. The fourth-order valence-electron chi connectivity index (χ4n) is 2.22. The summed E-state index contributed by atoms with van der Waals surface area (Å²) < 4.78 is 2.01. The summed E-state index contributed by atoms with van der Waals surface area (Å²) in [4.78, 5) is 16.5. The topological polar surface area (TPSA) is 46.9 Å². The Labute approximate surface area is 133 Å². The van der Waals surface area contributed by atoms with E-state index < -0.39 is 0 Å². The second-order valence-electron chi connectivity index (χ2n) is 5.00. The van der Waals surface area contributed by atoms with Gasteiger partial charge in [-0.25, -0.2) is 4.98 Å². The fraction of sp³-hybridized carbons (Fsp3) is 0.176. The SMILES string of the molecule is Cc1nc(CCNC(=O)c2ccc(-n3cccc3)cc2)cs1. The lowest BCUT2D eigenvalue weighted by Gasteiger charge is -2.06. The van der Waals surface area contributed by atoms with Crippen LogP contribution in [0.2, 0.25) is 0 Å². The highest BCUT2D eigenvalue weighted by atomic mass is 32.1. The zero-order valence-electron chi connectivity index (χ0n) is 12.3. The minimum atomic E-state index is -0.0500. The minimum Gasteiger partial charge on any atom is -0.352 e. The Hall–Kier alpha value is -2.40. The number of carbonyl (C=O) groups is 1. The van der Waals surface area contributed by atoms with Gasteiger partial charge < -0.3 is 9.88 Å². The first-order valence-corrected chi connectivity index (χ1v) is 8.03. The number of benzene rings is 1. The smallest absolute Gasteiger partial charge is 0.251 e. The second-order valence-corrected chi connectivity index (χ2v) is 6.06. The summed E-state index contributed by atoms with van der Waals surface area (Å²) in [6.07, 6.45) is 4.72. The first kappa shape index (κ1) is 14.5. The Balaban J connectivity index is 1.56. The summed E-state index contributed by atoms with van der Waals surface area (Å²) >= 11 is 1.63. The van der Waals surface area contributed by atoms with E-state index in [1.54, 1.807) is 11.3 Å². The molecule has 3 rings (SSSR count). The summed E-state index contributed by atoms with van der Waals surface area (Å²) in [6.45, 7) is 2.58. The van der Waals surface area contributed by atoms with E-state index >= 15 is 0 Å². The van der Waals surface area contributed by atoms with Crippen LogP contribution in [0.25, 0.3) is 5.69 Å². The van der Waals surface area contributed by atoms with Crippen LogP contribution in [0.15, 0.2) is 54.2 Å². The van der Waals surface area contributed by atoms with E-state index in [2.05, 4.69) is 10.3 Å². The van der Waals surface area contributed by atoms with Crippen LogP contribution in [-0.2, 0) is 6.42 Å². The maximum atomic E-state index is 12.1. The van der Waals surface area contributed by atoms with Crippen LogP contribution >= 0.6 is 11.3 Å². The third-order valence-electron chi connectivity index (χ3n) is 3.37. The lowest BCUT2D eigenvalue weighted by atomic mass is 10.2. The predicted molar refractivity (Wildman–Crippen MR) is 88.7 cm³/mol. The Kier molecular flexibility index (Phi) is 4.34. The zero-order valence-corrected chi connectivity index (χ0v) is 13.1. The first-order chi connectivity index (χ1) is 10.7. The molecule has 0 unspecified atom stereocenters. The molecule has 1 aromatic carbocycles. The van der Waals surface area contributed by atoms with E-state index in [0.717, 1.165) is 22.8 Å². The zero-order chi connectivity index (χ0) is 15.4. The van der Waals surface area contributed by atoms with E-state index in [1.165, 1.54) is 0 Å². The molecule has 0 saturated heterocycles. The van der Waals surface area contributed by atoms with Crippen molar-refractivity contribution in [1.82, 2.24) is 14.9 Å². The lowest BCUT2D eigenvalue weighted by Crippen LogP contribution is -2.25. The summed E-state index contributed by atoms with van der Waals surface area (Å²) in [7, 11) is 0. The third-order valence-corrected chi connectivity index (χ3v) is 4.19. The Bertz CT molecular complexity index is 745. The number of hydrogen-bond acceptors (Lipinski definition) is 3. The summed E-state index contributed by atoms with van der Waals surface area (Å²) in [5.74, 6) is -0.0500. The number of nitrogens with one attached hydrogen (secondary N) is 1. The number of aryl methyl sites for hydroxylation is 1. The largest absolute Gasteiger partial charge is 0.352 e. The van der Waals surface area contributed by atoms with Crippen molar-refractivity contribution in [3.05, 3.63) is 70.4 Å². The molecule has 3 aromatic rings. The number of amides is 1. The van der Waals surface area contributed by atoms with Gasteiger partial charge in [0.2, 0.25) is 0 Å². The van der Waals surface area contributed by atoms with Crippen LogP contribution in [0.1, 0.15) is 21.1 Å². The molecule has 4 nitrogen and oxygen atoms in total. The molecule has 0 fully saturated rings.